The molecule has 2 N–H and O–H groups in total. The molecule has 2 heterocycles. The van der Waals surface area contributed by atoms with Gasteiger partial charge in [-0.25, -0.2) is 4.98 Å². The number of nitrogens with zero attached hydrogens (tertiary/aromatic N) is 1. The molecular weight excluding hydrogens is 318 g/mol. The minimum Gasteiger partial charge on any atom is -0.385 e. The predicted molar refractivity (Wildman–Crippen MR) is 98.8 cm³/mol. The first kappa shape index (κ1) is 14.9. The van der Waals surface area contributed by atoms with Gasteiger partial charge in [-0.05, 0) is 42.2 Å². The van der Waals surface area contributed by atoms with E-state index in [-0.39, 0.29) is 5.91 Å². The highest BCUT2D eigenvalue weighted by Gasteiger charge is 2.14. The predicted octanol–water partition coefficient (Wildman–Crippen LogP) is 4.42. The minimum atomic E-state index is -0.114. The first-order valence-electron chi connectivity index (χ1n) is 7.99. The molecule has 5 heteroatoms. The van der Waals surface area contributed by atoms with Crippen molar-refractivity contribution in [2.24, 2.45) is 0 Å². The molecule has 4 nitrogen and oxygen atoms in total. The van der Waals surface area contributed by atoms with Crippen molar-refractivity contribution in [2.45, 2.75) is 12.8 Å². The maximum atomic E-state index is 12.5. The van der Waals surface area contributed by atoms with E-state index in [9.17, 15) is 4.79 Å². The molecule has 120 valence electrons. The van der Waals surface area contributed by atoms with Gasteiger partial charge in [0.2, 0.25) is 0 Å². The number of nitrogens with one attached hydrogen (secondary N) is 2. The van der Waals surface area contributed by atoms with Crippen LogP contribution in [0.25, 0.3) is 10.4 Å². The maximum absolute atomic E-state index is 12.5. The molecule has 1 aliphatic heterocycles. The summed E-state index contributed by atoms with van der Waals surface area (Å²) >= 11 is 1.48. The van der Waals surface area contributed by atoms with E-state index >= 15 is 0 Å². The Labute approximate surface area is 144 Å². The molecule has 4 rings (SSSR count). The molecule has 0 fully saturated rings. The summed E-state index contributed by atoms with van der Waals surface area (Å²) in [7, 11) is 0. The monoisotopic (exact) mass is 335 g/mol. The number of aryl methyl sites for hydroxylation is 1. The molecule has 0 radical (unpaired) electrons. The van der Waals surface area contributed by atoms with E-state index in [1.165, 1.54) is 16.9 Å². The smallest absolute Gasteiger partial charge is 0.257 e. The van der Waals surface area contributed by atoms with Gasteiger partial charge in [0, 0.05) is 24.0 Å². The fraction of sp³-hybridized carbons (Fsp3) is 0.158. The first-order valence-corrected chi connectivity index (χ1v) is 8.81. The SMILES string of the molecule is O=C(Nc1ncc(-c2ccccc2)s1)c1ccc2c(c1)CCCN2. The number of carbonyl (C=O) groups excluding carboxylic acids is 1. The second-order valence-corrected chi connectivity index (χ2v) is 6.78. The lowest BCUT2D eigenvalue weighted by Gasteiger charge is -2.18. The molecule has 3 aromatic rings. The Bertz CT molecular complexity index is 873. The van der Waals surface area contributed by atoms with Gasteiger partial charge in [0.15, 0.2) is 5.13 Å². The Morgan fingerprint density at radius 2 is 2.04 bits per heavy atom. The quantitative estimate of drug-likeness (QED) is 0.745. The number of anilines is 2. The molecule has 0 unspecified atom stereocenters. The van der Waals surface area contributed by atoms with Gasteiger partial charge in [0.05, 0.1) is 4.88 Å². The summed E-state index contributed by atoms with van der Waals surface area (Å²) in [6.07, 6.45) is 3.91. The van der Waals surface area contributed by atoms with Gasteiger partial charge >= 0.3 is 0 Å². The molecule has 0 atom stereocenters. The first-order chi connectivity index (χ1) is 11.8. The summed E-state index contributed by atoms with van der Waals surface area (Å²) in [4.78, 5) is 17.8. The number of fused-ring (bicyclic) bond motifs is 1. The van der Waals surface area contributed by atoms with Crippen LogP contribution in [0.4, 0.5) is 10.8 Å². The van der Waals surface area contributed by atoms with Crippen LogP contribution in [0, 0.1) is 0 Å². The average molecular weight is 335 g/mol. The number of aromatic nitrogens is 1. The van der Waals surface area contributed by atoms with E-state index < -0.39 is 0 Å². The molecule has 0 bridgehead atoms. The highest BCUT2D eigenvalue weighted by molar-refractivity contribution is 7.19. The van der Waals surface area contributed by atoms with Crippen LogP contribution < -0.4 is 10.6 Å². The van der Waals surface area contributed by atoms with Crippen molar-refractivity contribution < 1.29 is 4.79 Å². The molecule has 24 heavy (non-hydrogen) atoms. The summed E-state index contributed by atoms with van der Waals surface area (Å²) in [5.74, 6) is -0.114. The molecule has 2 aromatic carbocycles. The van der Waals surface area contributed by atoms with Crippen molar-refractivity contribution in [2.75, 3.05) is 17.2 Å². The lowest BCUT2D eigenvalue weighted by atomic mass is 10.0. The van der Waals surface area contributed by atoms with Crippen LogP contribution >= 0.6 is 11.3 Å². The maximum Gasteiger partial charge on any atom is 0.257 e. The molecule has 0 aliphatic carbocycles. The number of rotatable bonds is 3. The van der Waals surface area contributed by atoms with Crippen LogP contribution in [0.2, 0.25) is 0 Å². The largest absolute Gasteiger partial charge is 0.385 e. The van der Waals surface area contributed by atoms with Crippen LogP contribution in [0.1, 0.15) is 22.3 Å². The van der Waals surface area contributed by atoms with Crippen molar-refractivity contribution in [3.8, 4) is 10.4 Å². The molecular formula is C19H17N3OS. The zero-order valence-electron chi connectivity index (χ0n) is 13.1. The number of hydrogen-bond acceptors (Lipinski definition) is 4. The van der Waals surface area contributed by atoms with Crippen molar-refractivity contribution in [3.63, 3.8) is 0 Å². The third-order valence-electron chi connectivity index (χ3n) is 4.09. The average Bonchev–Trinajstić information content (AvgIpc) is 3.10. The zero-order chi connectivity index (χ0) is 16.4. The summed E-state index contributed by atoms with van der Waals surface area (Å²) in [6.45, 7) is 1.000. The van der Waals surface area contributed by atoms with E-state index in [0.29, 0.717) is 10.7 Å². The lowest BCUT2D eigenvalue weighted by Crippen LogP contribution is -2.15. The third kappa shape index (κ3) is 3.03. The molecule has 0 spiro atoms. The Kier molecular flexibility index (Phi) is 4.01. The Morgan fingerprint density at radius 3 is 2.92 bits per heavy atom. The summed E-state index contributed by atoms with van der Waals surface area (Å²) in [6, 6.07) is 15.9. The molecule has 1 aliphatic rings. The van der Waals surface area contributed by atoms with Crippen LogP contribution in [-0.2, 0) is 6.42 Å². The van der Waals surface area contributed by atoms with Gasteiger partial charge in [-0.1, -0.05) is 41.7 Å². The van der Waals surface area contributed by atoms with Gasteiger partial charge in [-0.2, -0.15) is 0 Å². The van der Waals surface area contributed by atoms with Gasteiger partial charge in [0.1, 0.15) is 0 Å². The molecule has 1 amide bonds. The molecule has 0 saturated heterocycles. The van der Waals surface area contributed by atoms with Gasteiger partial charge < -0.3 is 5.32 Å². The summed E-state index contributed by atoms with van der Waals surface area (Å²) in [5.41, 5.74) is 4.13. The number of carbonyl (C=O) groups is 1. The van der Waals surface area contributed by atoms with Crippen LogP contribution in [0.15, 0.2) is 54.7 Å². The van der Waals surface area contributed by atoms with E-state index in [1.54, 1.807) is 6.20 Å². The fourth-order valence-electron chi connectivity index (χ4n) is 2.85. The normalized spacial score (nSPS) is 13.0. The third-order valence-corrected chi connectivity index (χ3v) is 5.05. The second kappa shape index (κ2) is 6.45. The zero-order valence-corrected chi connectivity index (χ0v) is 13.9. The Balaban J connectivity index is 1.51. The van der Waals surface area contributed by atoms with Crippen LogP contribution in [0.5, 0.6) is 0 Å². The number of thiazole rings is 1. The van der Waals surface area contributed by atoms with Gasteiger partial charge in [0.25, 0.3) is 5.91 Å². The van der Waals surface area contributed by atoms with E-state index in [0.717, 1.165) is 35.5 Å². The Hall–Kier alpha value is -2.66. The van der Waals surface area contributed by atoms with E-state index in [2.05, 4.69) is 15.6 Å². The summed E-state index contributed by atoms with van der Waals surface area (Å²) < 4.78 is 0. The topological polar surface area (TPSA) is 54.0 Å². The van der Waals surface area contributed by atoms with Crippen molar-refractivity contribution in [1.29, 1.82) is 0 Å². The highest BCUT2D eigenvalue weighted by atomic mass is 32.1. The highest BCUT2D eigenvalue weighted by Crippen LogP contribution is 2.29. The van der Waals surface area contributed by atoms with Crippen LogP contribution in [-0.4, -0.2) is 17.4 Å². The standard InChI is InChI=1S/C19H17N3OS/c23-18(15-8-9-16-14(11-15)7-4-10-20-16)22-19-21-12-17(24-19)13-5-2-1-3-6-13/h1-3,5-6,8-9,11-12,20H,4,7,10H2,(H,21,22,23). The fourth-order valence-corrected chi connectivity index (χ4v) is 3.67. The minimum absolute atomic E-state index is 0.114. The van der Waals surface area contributed by atoms with E-state index in [1.807, 2.05) is 48.5 Å². The number of benzene rings is 2. The number of hydrogen-bond donors (Lipinski definition) is 2. The van der Waals surface area contributed by atoms with Crippen LogP contribution in [0.3, 0.4) is 0 Å². The van der Waals surface area contributed by atoms with E-state index in [4.69, 9.17) is 0 Å². The molecule has 0 saturated carbocycles. The summed E-state index contributed by atoms with van der Waals surface area (Å²) in [5, 5.41) is 6.88. The number of amides is 1. The second-order valence-electron chi connectivity index (χ2n) is 5.75. The van der Waals surface area contributed by atoms with Gasteiger partial charge in [-0.15, -0.1) is 0 Å². The lowest BCUT2D eigenvalue weighted by molar-refractivity contribution is 0.102. The Morgan fingerprint density at radius 1 is 1.17 bits per heavy atom. The molecule has 1 aromatic heterocycles. The van der Waals surface area contributed by atoms with Crippen molar-refractivity contribution in [1.82, 2.24) is 4.98 Å². The van der Waals surface area contributed by atoms with Crippen molar-refractivity contribution in [3.05, 3.63) is 65.9 Å². The van der Waals surface area contributed by atoms with Crippen molar-refractivity contribution >= 4 is 28.1 Å². The van der Waals surface area contributed by atoms with Gasteiger partial charge in [-0.3, -0.25) is 10.1 Å².